The number of nitrogens with zero attached hydrogens (tertiary/aromatic N) is 6. The SMILES string of the molecule is C[C@@H](O)Cn1nnc(Cn2cc(C(=O)NCC(F)(F)F)c(=O)n(C)c2=O)n1. The zero-order valence-corrected chi connectivity index (χ0v) is 14.3. The van der Waals surface area contributed by atoms with Crippen molar-refractivity contribution in [3.05, 3.63) is 38.4 Å². The normalized spacial score (nSPS) is 12.8. The highest BCUT2D eigenvalue weighted by Crippen LogP contribution is 2.12. The molecule has 0 saturated carbocycles. The molecule has 27 heavy (non-hydrogen) atoms. The van der Waals surface area contributed by atoms with Gasteiger partial charge in [0.15, 0.2) is 5.82 Å². The smallest absolute Gasteiger partial charge is 0.391 e. The minimum absolute atomic E-state index is 0.0399. The van der Waals surface area contributed by atoms with E-state index in [2.05, 4.69) is 15.4 Å². The lowest BCUT2D eigenvalue weighted by atomic mass is 10.3. The Kier molecular flexibility index (Phi) is 5.78. The van der Waals surface area contributed by atoms with Gasteiger partial charge in [0.05, 0.1) is 19.2 Å². The van der Waals surface area contributed by atoms with Crippen molar-refractivity contribution >= 4 is 5.91 Å². The highest BCUT2D eigenvalue weighted by Gasteiger charge is 2.28. The lowest BCUT2D eigenvalue weighted by Gasteiger charge is -2.11. The fourth-order valence-electron chi connectivity index (χ4n) is 2.08. The monoisotopic (exact) mass is 391 g/mol. The quantitative estimate of drug-likeness (QED) is 0.596. The molecule has 0 unspecified atom stereocenters. The van der Waals surface area contributed by atoms with Crippen molar-refractivity contribution in [2.75, 3.05) is 6.54 Å². The molecular formula is C13H16F3N7O4. The summed E-state index contributed by atoms with van der Waals surface area (Å²) in [5, 5.41) is 22.1. The van der Waals surface area contributed by atoms with Crippen molar-refractivity contribution < 1.29 is 23.1 Å². The van der Waals surface area contributed by atoms with E-state index >= 15 is 0 Å². The largest absolute Gasteiger partial charge is 0.405 e. The van der Waals surface area contributed by atoms with E-state index < -0.39 is 41.5 Å². The zero-order valence-electron chi connectivity index (χ0n) is 14.3. The Balaban J connectivity index is 2.31. The van der Waals surface area contributed by atoms with Gasteiger partial charge in [0.1, 0.15) is 12.1 Å². The molecule has 11 nitrogen and oxygen atoms in total. The van der Waals surface area contributed by atoms with Crippen LogP contribution in [-0.4, -0.2) is 59.2 Å². The maximum Gasteiger partial charge on any atom is 0.405 e. The number of hydrogen-bond acceptors (Lipinski definition) is 7. The van der Waals surface area contributed by atoms with E-state index in [1.54, 1.807) is 5.32 Å². The van der Waals surface area contributed by atoms with Crippen LogP contribution in [0.4, 0.5) is 13.2 Å². The highest BCUT2D eigenvalue weighted by molar-refractivity contribution is 5.93. The van der Waals surface area contributed by atoms with Gasteiger partial charge in [-0.15, -0.1) is 10.2 Å². The van der Waals surface area contributed by atoms with Crippen LogP contribution in [0.2, 0.25) is 0 Å². The number of aromatic nitrogens is 6. The van der Waals surface area contributed by atoms with Crippen LogP contribution in [0.3, 0.4) is 0 Å². The molecular weight excluding hydrogens is 375 g/mol. The minimum Gasteiger partial charge on any atom is -0.391 e. The van der Waals surface area contributed by atoms with E-state index in [1.807, 2.05) is 0 Å². The van der Waals surface area contributed by atoms with Crippen LogP contribution < -0.4 is 16.6 Å². The maximum absolute atomic E-state index is 12.2. The molecule has 2 aromatic heterocycles. The summed E-state index contributed by atoms with van der Waals surface area (Å²) in [6.07, 6.45) is -4.55. The number of aliphatic hydroxyl groups is 1. The topological polar surface area (TPSA) is 137 Å². The molecule has 2 aromatic rings. The second kappa shape index (κ2) is 7.69. The first-order valence-corrected chi connectivity index (χ1v) is 7.58. The van der Waals surface area contributed by atoms with E-state index in [0.717, 1.165) is 22.6 Å². The molecule has 0 aliphatic heterocycles. The number of tetrazole rings is 1. The molecule has 0 saturated heterocycles. The number of amides is 1. The summed E-state index contributed by atoms with van der Waals surface area (Å²) in [5.74, 6) is -1.23. The first-order chi connectivity index (χ1) is 12.5. The molecule has 1 amide bonds. The highest BCUT2D eigenvalue weighted by atomic mass is 19.4. The van der Waals surface area contributed by atoms with Gasteiger partial charge in [-0.05, 0) is 12.1 Å². The average molecular weight is 391 g/mol. The lowest BCUT2D eigenvalue weighted by molar-refractivity contribution is -0.123. The zero-order chi connectivity index (χ0) is 20.4. The van der Waals surface area contributed by atoms with Gasteiger partial charge in [-0.3, -0.25) is 18.7 Å². The van der Waals surface area contributed by atoms with Gasteiger partial charge in [0.25, 0.3) is 11.5 Å². The lowest BCUT2D eigenvalue weighted by Crippen LogP contribution is -2.44. The average Bonchev–Trinajstić information content (AvgIpc) is 2.98. The van der Waals surface area contributed by atoms with E-state index in [4.69, 9.17) is 0 Å². The van der Waals surface area contributed by atoms with Crippen molar-refractivity contribution in [3.8, 4) is 0 Å². The Morgan fingerprint density at radius 1 is 1.37 bits per heavy atom. The second-order valence-corrected chi connectivity index (χ2v) is 5.72. The summed E-state index contributed by atoms with van der Waals surface area (Å²) in [7, 11) is 1.08. The number of carbonyl (C=O) groups excluding carboxylic acids is 1. The predicted octanol–water partition coefficient (Wildman–Crippen LogP) is -1.75. The molecule has 0 spiro atoms. The molecule has 2 rings (SSSR count). The van der Waals surface area contributed by atoms with Crippen LogP contribution in [0.5, 0.6) is 0 Å². The molecule has 0 aliphatic carbocycles. The second-order valence-electron chi connectivity index (χ2n) is 5.72. The predicted molar refractivity (Wildman–Crippen MR) is 82.9 cm³/mol. The summed E-state index contributed by atoms with van der Waals surface area (Å²) in [4.78, 5) is 37.2. The number of carbonyl (C=O) groups is 1. The van der Waals surface area contributed by atoms with Gasteiger partial charge < -0.3 is 10.4 Å². The third kappa shape index (κ3) is 5.22. The van der Waals surface area contributed by atoms with E-state index in [-0.39, 0.29) is 18.9 Å². The Morgan fingerprint density at radius 3 is 2.63 bits per heavy atom. The van der Waals surface area contributed by atoms with Crippen molar-refractivity contribution in [1.29, 1.82) is 0 Å². The van der Waals surface area contributed by atoms with E-state index in [0.29, 0.717) is 4.57 Å². The molecule has 2 heterocycles. The van der Waals surface area contributed by atoms with Gasteiger partial charge in [-0.25, -0.2) is 4.79 Å². The molecule has 1 atom stereocenters. The third-order valence-corrected chi connectivity index (χ3v) is 3.28. The van der Waals surface area contributed by atoms with Gasteiger partial charge in [0, 0.05) is 13.2 Å². The van der Waals surface area contributed by atoms with Crippen LogP contribution in [-0.2, 0) is 20.1 Å². The van der Waals surface area contributed by atoms with Crippen molar-refractivity contribution in [3.63, 3.8) is 0 Å². The number of hydrogen-bond donors (Lipinski definition) is 2. The fraction of sp³-hybridized carbons (Fsp3) is 0.538. The molecule has 148 valence electrons. The molecule has 0 aliphatic rings. The fourth-order valence-corrected chi connectivity index (χ4v) is 2.08. The number of rotatable bonds is 6. The number of alkyl halides is 3. The van der Waals surface area contributed by atoms with Gasteiger partial charge in [-0.2, -0.15) is 18.0 Å². The van der Waals surface area contributed by atoms with Crippen LogP contribution in [0.25, 0.3) is 0 Å². The maximum atomic E-state index is 12.2. The summed E-state index contributed by atoms with van der Waals surface area (Å²) in [5.41, 5.74) is -2.50. The van der Waals surface area contributed by atoms with Crippen LogP contribution >= 0.6 is 0 Å². The van der Waals surface area contributed by atoms with Crippen LogP contribution in [0.15, 0.2) is 15.8 Å². The first kappa shape index (κ1) is 20.3. The minimum atomic E-state index is -4.65. The van der Waals surface area contributed by atoms with Gasteiger partial charge in [-0.1, -0.05) is 0 Å². The summed E-state index contributed by atoms with van der Waals surface area (Å²) >= 11 is 0. The van der Waals surface area contributed by atoms with Gasteiger partial charge >= 0.3 is 11.9 Å². The first-order valence-electron chi connectivity index (χ1n) is 7.58. The Morgan fingerprint density at radius 2 is 2.04 bits per heavy atom. The summed E-state index contributed by atoms with van der Waals surface area (Å²) in [6.45, 7) is -0.345. The van der Waals surface area contributed by atoms with E-state index in [9.17, 15) is 32.7 Å². The van der Waals surface area contributed by atoms with Crippen molar-refractivity contribution in [1.82, 2.24) is 34.7 Å². The molecule has 0 aromatic carbocycles. The molecule has 0 bridgehead atoms. The van der Waals surface area contributed by atoms with Gasteiger partial charge in [0.2, 0.25) is 0 Å². The Bertz CT molecular complexity index is 945. The third-order valence-electron chi connectivity index (χ3n) is 3.28. The van der Waals surface area contributed by atoms with Crippen LogP contribution in [0, 0.1) is 0 Å². The molecule has 14 heteroatoms. The summed E-state index contributed by atoms with van der Waals surface area (Å²) < 4.78 is 38.2. The Hall–Kier alpha value is -3.03. The molecule has 0 radical (unpaired) electrons. The van der Waals surface area contributed by atoms with Crippen molar-refractivity contribution in [2.24, 2.45) is 7.05 Å². The van der Waals surface area contributed by atoms with Crippen LogP contribution in [0.1, 0.15) is 23.1 Å². The van der Waals surface area contributed by atoms with Crippen molar-refractivity contribution in [2.45, 2.75) is 32.3 Å². The van der Waals surface area contributed by atoms with E-state index in [1.165, 1.54) is 6.92 Å². The number of aliphatic hydroxyl groups excluding tert-OH is 1. The number of halogens is 3. The Labute approximate surface area is 149 Å². The standard InChI is InChI=1S/C13H16F3N7O4/c1-7(24)3-23-19-9(18-20-23)5-22-4-8(11(26)21(2)12(22)27)10(25)17-6-13(14,15)16/h4,7,24H,3,5-6H2,1-2H3,(H,17,25)/t7-/m1/s1. The number of nitrogens with one attached hydrogen (secondary N) is 1. The molecule has 0 fully saturated rings. The summed E-state index contributed by atoms with van der Waals surface area (Å²) in [6, 6.07) is 0. The molecule has 2 N–H and O–H groups in total.